The minimum atomic E-state index is -0.351. The second kappa shape index (κ2) is 8.46. The molecule has 0 saturated heterocycles. The Bertz CT molecular complexity index is 936. The highest BCUT2D eigenvalue weighted by molar-refractivity contribution is 9.10. The van der Waals surface area contributed by atoms with Crippen molar-refractivity contribution in [3.8, 4) is 0 Å². The molecule has 0 bridgehead atoms. The molecule has 4 rings (SSSR count). The molecule has 1 aliphatic rings. The average molecular weight is 467 g/mol. The molecule has 2 heterocycles. The van der Waals surface area contributed by atoms with E-state index in [9.17, 15) is 4.79 Å². The van der Waals surface area contributed by atoms with Crippen LogP contribution in [0.5, 0.6) is 0 Å². The lowest BCUT2D eigenvalue weighted by molar-refractivity contribution is -0.119. The van der Waals surface area contributed by atoms with E-state index in [1.165, 1.54) is 0 Å². The maximum Gasteiger partial charge on any atom is 0.257 e. The second-order valence-electron chi connectivity index (χ2n) is 5.78. The van der Waals surface area contributed by atoms with Gasteiger partial charge in [-0.2, -0.15) is 0 Å². The molecule has 0 radical (unpaired) electrons. The summed E-state index contributed by atoms with van der Waals surface area (Å²) >= 11 is 15.6. The summed E-state index contributed by atoms with van der Waals surface area (Å²) in [5.41, 5.74) is 1.69. The van der Waals surface area contributed by atoms with E-state index >= 15 is 0 Å². The van der Waals surface area contributed by atoms with Crippen LogP contribution < -0.4 is 4.90 Å². The molecule has 7 heteroatoms. The van der Waals surface area contributed by atoms with Crippen LogP contribution in [0.4, 0.5) is 11.6 Å². The molecule has 1 unspecified atom stereocenters. The van der Waals surface area contributed by atoms with Gasteiger partial charge in [0.15, 0.2) is 0 Å². The van der Waals surface area contributed by atoms with Crippen molar-refractivity contribution in [1.82, 2.24) is 9.55 Å². The Morgan fingerprint density at radius 3 is 2.33 bits per heavy atom. The van der Waals surface area contributed by atoms with Crippen molar-refractivity contribution in [3.05, 3.63) is 74.9 Å². The lowest BCUT2D eigenvalue weighted by atomic mass is 10.1. The zero-order chi connectivity index (χ0) is 19.6. The van der Waals surface area contributed by atoms with Crippen molar-refractivity contribution in [2.45, 2.75) is 26.3 Å². The number of carbonyl (C=O) groups excluding carboxylic acids is 1. The average Bonchev–Trinajstić information content (AvgIpc) is 3.20. The van der Waals surface area contributed by atoms with Gasteiger partial charge < -0.3 is 4.57 Å². The largest absolute Gasteiger partial charge is 0.304 e. The fraction of sp³-hybridized carbons (Fsp3) is 0.200. The molecule has 0 saturated carbocycles. The Balaban J connectivity index is 0.00000102. The Hall–Kier alpha value is -1.82. The van der Waals surface area contributed by atoms with Crippen LogP contribution >= 0.6 is 39.1 Å². The first-order valence-corrected chi connectivity index (χ1v) is 10.1. The molecule has 140 valence electrons. The van der Waals surface area contributed by atoms with Crippen LogP contribution in [0.2, 0.25) is 10.0 Å². The molecule has 0 fully saturated rings. The highest BCUT2D eigenvalue weighted by atomic mass is 79.9. The van der Waals surface area contributed by atoms with Crippen LogP contribution in [0.15, 0.2) is 59.3 Å². The van der Waals surface area contributed by atoms with E-state index in [1.54, 1.807) is 29.3 Å². The number of fused-ring (bicyclic) bond motifs is 1. The lowest BCUT2D eigenvalue weighted by Gasteiger charge is -2.16. The van der Waals surface area contributed by atoms with Gasteiger partial charge in [-0.15, -0.1) is 0 Å². The zero-order valence-corrected chi connectivity index (χ0v) is 18.0. The van der Waals surface area contributed by atoms with Crippen molar-refractivity contribution in [2.75, 3.05) is 4.90 Å². The van der Waals surface area contributed by atoms with E-state index < -0.39 is 0 Å². The van der Waals surface area contributed by atoms with Crippen molar-refractivity contribution < 1.29 is 4.79 Å². The summed E-state index contributed by atoms with van der Waals surface area (Å²) in [5, 5.41) is 0.953. The number of hydrogen-bond donors (Lipinski definition) is 0. The molecule has 1 atom stereocenters. The second-order valence-corrected chi connectivity index (χ2v) is 7.57. The molecule has 0 N–H and O–H groups in total. The van der Waals surface area contributed by atoms with Gasteiger partial charge in [0, 0.05) is 33.3 Å². The van der Waals surface area contributed by atoms with Crippen LogP contribution in [0.1, 0.15) is 25.5 Å². The van der Waals surface area contributed by atoms with Gasteiger partial charge in [-0.3, -0.25) is 4.79 Å². The third-order valence-electron chi connectivity index (χ3n) is 4.14. The molecule has 1 amide bonds. The Morgan fingerprint density at radius 1 is 1.07 bits per heavy atom. The van der Waals surface area contributed by atoms with Crippen LogP contribution in [0, 0.1) is 0 Å². The summed E-state index contributed by atoms with van der Waals surface area (Å²) in [6.07, 6.45) is 4.10. The summed E-state index contributed by atoms with van der Waals surface area (Å²) in [6, 6.07) is 12.7. The fourth-order valence-corrected chi connectivity index (χ4v) is 3.81. The highest BCUT2D eigenvalue weighted by Gasteiger charge is 2.39. The molecule has 1 aliphatic heterocycles. The van der Waals surface area contributed by atoms with Gasteiger partial charge in [0.2, 0.25) is 5.95 Å². The standard InChI is InChI=1S/C18H12BrCl2N3O.C2H6/c19-12-3-1-11(2-4-12)7-16-17(25)24(18-22-5-6-23(16)18)15-9-13(20)8-14(21)10-15;1-2/h1-6,8-10,16H,7H2;1-2H3. The first-order valence-electron chi connectivity index (χ1n) is 8.60. The minimum absolute atomic E-state index is 0.0515. The van der Waals surface area contributed by atoms with Gasteiger partial charge in [-0.05, 0) is 35.9 Å². The third-order valence-corrected chi connectivity index (χ3v) is 5.10. The molecular weight excluding hydrogens is 449 g/mol. The maximum absolute atomic E-state index is 13.1. The number of halogens is 3. The number of nitrogens with zero attached hydrogens (tertiary/aromatic N) is 3. The van der Waals surface area contributed by atoms with Gasteiger partial charge >= 0.3 is 0 Å². The first-order chi connectivity index (χ1) is 13.0. The Labute approximate surface area is 176 Å². The van der Waals surface area contributed by atoms with E-state index in [0.717, 1.165) is 10.0 Å². The van der Waals surface area contributed by atoms with Crippen LogP contribution in [0.25, 0.3) is 0 Å². The molecule has 0 spiro atoms. The molecule has 2 aromatic carbocycles. The number of carbonyl (C=O) groups is 1. The number of aromatic nitrogens is 2. The van der Waals surface area contributed by atoms with Crippen molar-refractivity contribution in [3.63, 3.8) is 0 Å². The van der Waals surface area contributed by atoms with E-state index in [0.29, 0.717) is 28.1 Å². The van der Waals surface area contributed by atoms with E-state index in [2.05, 4.69) is 20.9 Å². The smallest absolute Gasteiger partial charge is 0.257 e. The zero-order valence-electron chi connectivity index (χ0n) is 14.9. The van der Waals surface area contributed by atoms with E-state index in [1.807, 2.05) is 48.9 Å². The summed E-state index contributed by atoms with van der Waals surface area (Å²) < 4.78 is 2.90. The normalized spacial score (nSPS) is 15.4. The van der Waals surface area contributed by atoms with E-state index in [-0.39, 0.29) is 11.9 Å². The van der Waals surface area contributed by atoms with Crippen molar-refractivity contribution in [2.24, 2.45) is 0 Å². The Kier molecular flexibility index (Phi) is 6.25. The monoisotopic (exact) mass is 465 g/mol. The molecule has 3 aromatic rings. The van der Waals surface area contributed by atoms with Crippen LogP contribution in [0.3, 0.4) is 0 Å². The van der Waals surface area contributed by atoms with E-state index in [4.69, 9.17) is 23.2 Å². The highest BCUT2D eigenvalue weighted by Crippen LogP contribution is 2.38. The predicted octanol–water partition coefficient (Wildman–Crippen LogP) is 6.44. The summed E-state index contributed by atoms with van der Waals surface area (Å²) in [7, 11) is 0. The number of hydrogen-bond acceptors (Lipinski definition) is 2. The van der Waals surface area contributed by atoms with Crippen molar-refractivity contribution in [1.29, 1.82) is 0 Å². The number of benzene rings is 2. The van der Waals surface area contributed by atoms with Crippen LogP contribution in [-0.4, -0.2) is 15.5 Å². The van der Waals surface area contributed by atoms with Gasteiger partial charge in [0.05, 0.1) is 5.69 Å². The summed E-state index contributed by atoms with van der Waals surface area (Å²) in [5.74, 6) is 0.523. The van der Waals surface area contributed by atoms with Crippen molar-refractivity contribution >= 4 is 56.7 Å². The number of imidazole rings is 1. The number of rotatable bonds is 3. The lowest BCUT2D eigenvalue weighted by Crippen LogP contribution is -2.26. The van der Waals surface area contributed by atoms with Crippen LogP contribution in [-0.2, 0) is 11.2 Å². The number of amides is 1. The minimum Gasteiger partial charge on any atom is -0.304 e. The summed E-state index contributed by atoms with van der Waals surface area (Å²) in [6.45, 7) is 4.00. The number of anilines is 2. The molecule has 0 aliphatic carbocycles. The van der Waals surface area contributed by atoms with Gasteiger partial charge in [0.25, 0.3) is 5.91 Å². The topological polar surface area (TPSA) is 38.1 Å². The predicted molar refractivity (Wildman–Crippen MR) is 114 cm³/mol. The first kappa shape index (κ1) is 19.9. The fourth-order valence-electron chi connectivity index (χ4n) is 3.03. The summed E-state index contributed by atoms with van der Waals surface area (Å²) in [4.78, 5) is 19.0. The molecule has 1 aromatic heterocycles. The Morgan fingerprint density at radius 2 is 1.70 bits per heavy atom. The molecule has 27 heavy (non-hydrogen) atoms. The van der Waals surface area contributed by atoms with Gasteiger partial charge in [0.1, 0.15) is 6.04 Å². The maximum atomic E-state index is 13.1. The quantitative estimate of drug-likeness (QED) is 0.445. The molecular formula is C20H18BrCl2N3O. The van der Waals surface area contributed by atoms with Gasteiger partial charge in [-0.25, -0.2) is 9.88 Å². The third kappa shape index (κ3) is 4.05. The SMILES string of the molecule is CC.O=C1C(Cc2ccc(Br)cc2)n2ccnc2N1c1cc(Cl)cc(Cl)c1. The molecule has 4 nitrogen and oxygen atoms in total. The van der Waals surface area contributed by atoms with Gasteiger partial charge in [-0.1, -0.05) is 65.1 Å².